The lowest BCUT2D eigenvalue weighted by Crippen LogP contribution is -2.03. The van der Waals surface area contributed by atoms with Crippen LogP contribution < -0.4 is 10.5 Å². The van der Waals surface area contributed by atoms with Gasteiger partial charge in [0.25, 0.3) is 5.88 Å². The Bertz CT molecular complexity index is 983. The molecule has 0 atom stereocenters. The summed E-state index contributed by atoms with van der Waals surface area (Å²) in [6, 6.07) is 9.66. The van der Waals surface area contributed by atoms with Crippen LogP contribution in [0.1, 0.15) is 5.56 Å². The second kappa shape index (κ2) is 5.96. The van der Waals surface area contributed by atoms with Crippen LogP contribution in [0.5, 0.6) is 5.88 Å². The van der Waals surface area contributed by atoms with E-state index in [1.165, 1.54) is 0 Å². The van der Waals surface area contributed by atoms with E-state index in [-0.39, 0.29) is 5.82 Å². The second-order valence-electron chi connectivity index (χ2n) is 5.26. The molecule has 4 rings (SSSR count). The van der Waals surface area contributed by atoms with E-state index in [1.807, 2.05) is 30.3 Å². The van der Waals surface area contributed by atoms with Crippen LogP contribution in [-0.4, -0.2) is 25.1 Å². The van der Waals surface area contributed by atoms with Gasteiger partial charge in [-0.05, 0) is 23.8 Å². The molecule has 1 aromatic carbocycles. The van der Waals surface area contributed by atoms with Crippen molar-refractivity contribution in [2.24, 2.45) is 0 Å². The predicted octanol–water partition coefficient (Wildman–Crippen LogP) is 2.58. The molecule has 118 valence electrons. The summed E-state index contributed by atoms with van der Waals surface area (Å²) in [4.78, 5) is 12.7. The van der Waals surface area contributed by atoms with Crippen molar-refractivity contribution in [3.63, 3.8) is 0 Å². The lowest BCUT2D eigenvalue weighted by molar-refractivity contribution is 0.295. The zero-order valence-electron chi connectivity index (χ0n) is 12.7. The molecule has 0 amide bonds. The number of fused-ring (bicyclic) bond motifs is 1. The minimum Gasteiger partial charge on any atom is -0.470 e. The molecular formula is C17H14N6O. The Labute approximate surface area is 137 Å². The molecule has 0 spiro atoms. The van der Waals surface area contributed by atoms with Gasteiger partial charge in [0.2, 0.25) is 0 Å². The Morgan fingerprint density at radius 3 is 2.83 bits per heavy atom. The number of aromatic amines is 1. The molecule has 3 N–H and O–H groups in total. The standard InChI is InChI=1S/C17H14N6O/c18-16-17(24-10-11-3-5-19-6-4-11)22-15(9-20-16)12-1-2-13-8-21-23-14(13)7-12/h1-9H,10H2,(H2,18,20)(H,21,23). The Morgan fingerprint density at radius 1 is 1.08 bits per heavy atom. The maximum absolute atomic E-state index is 5.88. The number of anilines is 1. The lowest BCUT2D eigenvalue weighted by atomic mass is 10.1. The van der Waals surface area contributed by atoms with Gasteiger partial charge in [0.15, 0.2) is 5.82 Å². The van der Waals surface area contributed by atoms with Crippen molar-refractivity contribution >= 4 is 16.7 Å². The summed E-state index contributed by atoms with van der Waals surface area (Å²) >= 11 is 0. The van der Waals surface area contributed by atoms with Gasteiger partial charge in [-0.15, -0.1) is 0 Å². The minimum atomic E-state index is 0.260. The maximum atomic E-state index is 5.88. The van der Waals surface area contributed by atoms with E-state index < -0.39 is 0 Å². The molecule has 0 radical (unpaired) electrons. The van der Waals surface area contributed by atoms with E-state index in [0.717, 1.165) is 22.0 Å². The Balaban J connectivity index is 1.62. The van der Waals surface area contributed by atoms with Gasteiger partial charge < -0.3 is 10.5 Å². The first kappa shape index (κ1) is 14.1. The molecule has 0 aliphatic rings. The molecule has 0 saturated heterocycles. The number of hydrogen-bond donors (Lipinski definition) is 2. The molecule has 0 aliphatic carbocycles. The first-order chi connectivity index (χ1) is 11.8. The molecule has 7 nitrogen and oxygen atoms in total. The van der Waals surface area contributed by atoms with E-state index in [2.05, 4.69) is 25.1 Å². The van der Waals surface area contributed by atoms with Crippen molar-refractivity contribution in [1.82, 2.24) is 25.1 Å². The normalized spacial score (nSPS) is 10.8. The molecule has 0 bridgehead atoms. The third-order valence-corrected chi connectivity index (χ3v) is 3.63. The molecule has 0 fully saturated rings. The van der Waals surface area contributed by atoms with Crippen LogP contribution in [0.3, 0.4) is 0 Å². The second-order valence-corrected chi connectivity index (χ2v) is 5.26. The first-order valence-corrected chi connectivity index (χ1v) is 7.37. The number of benzene rings is 1. The lowest BCUT2D eigenvalue weighted by Gasteiger charge is -2.09. The van der Waals surface area contributed by atoms with Gasteiger partial charge >= 0.3 is 0 Å². The van der Waals surface area contributed by atoms with Crippen molar-refractivity contribution in [3.8, 4) is 17.1 Å². The van der Waals surface area contributed by atoms with Crippen LogP contribution in [0.25, 0.3) is 22.2 Å². The summed E-state index contributed by atoms with van der Waals surface area (Å²) in [5, 5.41) is 8.00. The molecule has 0 saturated carbocycles. The number of nitrogens with one attached hydrogen (secondary N) is 1. The van der Waals surface area contributed by atoms with Crippen LogP contribution in [0.15, 0.2) is 55.1 Å². The molecule has 4 aromatic rings. The number of nitrogens with zero attached hydrogens (tertiary/aromatic N) is 4. The van der Waals surface area contributed by atoms with E-state index in [4.69, 9.17) is 10.5 Å². The largest absolute Gasteiger partial charge is 0.470 e. The third kappa shape index (κ3) is 2.74. The molecule has 0 aliphatic heterocycles. The van der Waals surface area contributed by atoms with E-state index >= 15 is 0 Å². The fourth-order valence-electron chi connectivity index (χ4n) is 2.35. The average molecular weight is 318 g/mol. The molecule has 24 heavy (non-hydrogen) atoms. The fraction of sp³-hybridized carbons (Fsp3) is 0.0588. The number of H-pyrrole nitrogens is 1. The Hall–Kier alpha value is -3.48. The van der Waals surface area contributed by atoms with Gasteiger partial charge in [-0.2, -0.15) is 5.10 Å². The van der Waals surface area contributed by atoms with Crippen molar-refractivity contribution in [2.75, 3.05) is 5.73 Å². The number of nitrogen functional groups attached to an aromatic ring is 1. The van der Waals surface area contributed by atoms with Crippen LogP contribution in [0.2, 0.25) is 0 Å². The van der Waals surface area contributed by atoms with Crippen LogP contribution in [0.4, 0.5) is 5.82 Å². The molecule has 3 aromatic heterocycles. The van der Waals surface area contributed by atoms with Gasteiger partial charge in [-0.1, -0.05) is 12.1 Å². The van der Waals surface area contributed by atoms with Gasteiger partial charge in [-0.25, -0.2) is 9.97 Å². The summed E-state index contributed by atoms with van der Waals surface area (Å²) in [5.41, 5.74) is 9.39. The number of hydrogen-bond acceptors (Lipinski definition) is 6. The first-order valence-electron chi connectivity index (χ1n) is 7.37. The summed E-state index contributed by atoms with van der Waals surface area (Å²) in [7, 11) is 0. The summed E-state index contributed by atoms with van der Waals surface area (Å²) in [6.45, 7) is 0.352. The fourth-order valence-corrected chi connectivity index (χ4v) is 2.35. The van der Waals surface area contributed by atoms with Crippen molar-refractivity contribution in [2.45, 2.75) is 6.61 Å². The summed E-state index contributed by atoms with van der Waals surface area (Å²) < 4.78 is 5.71. The van der Waals surface area contributed by atoms with Gasteiger partial charge in [0.1, 0.15) is 6.61 Å². The van der Waals surface area contributed by atoms with E-state index in [1.54, 1.807) is 24.8 Å². The van der Waals surface area contributed by atoms with Crippen LogP contribution >= 0.6 is 0 Å². The number of rotatable bonds is 4. The quantitative estimate of drug-likeness (QED) is 0.599. The highest BCUT2D eigenvalue weighted by atomic mass is 16.5. The number of pyridine rings is 1. The number of aromatic nitrogens is 5. The monoisotopic (exact) mass is 318 g/mol. The highest BCUT2D eigenvalue weighted by Gasteiger charge is 2.09. The predicted molar refractivity (Wildman–Crippen MR) is 90.1 cm³/mol. The smallest absolute Gasteiger partial charge is 0.258 e. The molecule has 3 heterocycles. The SMILES string of the molecule is Nc1ncc(-c2ccc3cn[nH]c3c2)nc1OCc1ccncc1. The average Bonchev–Trinajstić information content (AvgIpc) is 3.09. The van der Waals surface area contributed by atoms with Gasteiger partial charge in [0.05, 0.1) is 23.6 Å². The van der Waals surface area contributed by atoms with E-state index in [0.29, 0.717) is 18.2 Å². The number of nitrogens with two attached hydrogens (primary N) is 1. The summed E-state index contributed by atoms with van der Waals surface area (Å²) in [5.74, 6) is 0.574. The zero-order chi connectivity index (χ0) is 16.4. The van der Waals surface area contributed by atoms with Gasteiger partial charge in [0, 0.05) is 23.3 Å². The topological polar surface area (TPSA) is 103 Å². The van der Waals surface area contributed by atoms with Gasteiger partial charge in [-0.3, -0.25) is 10.1 Å². The number of ether oxygens (including phenoxy) is 1. The van der Waals surface area contributed by atoms with Crippen molar-refractivity contribution in [3.05, 3.63) is 60.7 Å². The van der Waals surface area contributed by atoms with Crippen LogP contribution in [-0.2, 0) is 6.61 Å². The van der Waals surface area contributed by atoms with Crippen molar-refractivity contribution in [1.29, 1.82) is 0 Å². The van der Waals surface area contributed by atoms with E-state index in [9.17, 15) is 0 Å². The molecular weight excluding hydrogens is 304 g/mol. The highest BCUT2D eigenvalue weighted by Crippen LogP contribution is 2.25. The van der Waals surface area contributed by atoms with Crippen LogP contribution in [0, 0.1) is 0 Å². The van der Waals surface area contributed by atoms with Crippen molar-refractivity contribution < 1.29 is 4.74 Å². The Morgan fingerprint density at radius 2 is 1.96 bits per heavy atom. The Kier molecular flexibility index (Phi) is 3.51. The third-order valence-electron chi connectivity index (χ3n) is 3.63. The highest BCUT2D eigenvalue weighted by molar-refractivity contribution is 5.83. The summed E-state index contributed by atoms with van der Waals surface area (Å²) in [6.07, 6.45) is 6.83. The molecule has 0 unspecified atom stereocenters. The molecule has 7 heteroatoms. The minimum absolute atomic E-state index is 0.260. The zero-order valence-corrected chi connectivity index (χ0v) is 12.7. The maximum Gasteiger partial charge on any atom is 0.258 e.